The summed E-state index contributed by atoms with van der Waals surface area (Å²) < 4.78 is 5.49. The first-order valence-electron chi connectivity index (χ1n) is 11.7. The van der Waals surface area contributed by atoms with Crippen LogP contribution in [0.15, 0.2) is 41.6 Å². The number of rotatable bonds is 8. The van der Waals surface area contributed by atoms with E-state index in [0.717, 1.165) is 67.1 Å². The van der Waals surface area contributed by atoms with Crippen LogP contribution in [0.5, 0.6) is 5.75 Å². The van der Waals surface area contributed by atoms with Gasteiger partial charge in [-0.15, -0.1) is 0 Å². The number of pyridine rings is 1. The third-order valence-electron chi connectivity index (χ3n) is 6.14. The number of anilines is 1. The summed E-state index contributed by atoms with van der Waals surface area (Å²) >= 11 is 0.882. The Hall–Kier alpha value is -3.77. The lowest BCUT2D eigenvalue weighted by atomic mass is 9.97. The van der Waals surface area contributed by atoms with Crippen LogP contribution >= 0.6 is 11.8 Å². The molecule has 5 rings (SSSR count). The predicted octanol–water partition coefficient (Wildman–Crippen LogP) is 2.60. The Balaban J connectivity index is 1.14. The van der Waals surface area contributed by atoms with Crippen LogP contribution in [-0.4, -0.2) is 63.0 Å². The smallest absolute Gasteiger partial charge is 0.290 e. The zero-order chi connectivity index (χ0) is 24.9. The minimum Gasteiger partial charge on any atom is -0.495 e. The fraction of sp³-hybridized carbons (Fsp3) is 0.333. The van der Waals surface area contributed by atoms with Gasteiger partial charge in [-0.25, -0.2) is 15.0 Å². The first-order valence-corrected chi connectivity index (χ1v) is 12.5. The average molecular weight is 507 g/mol. The minimum atomic E-state index is -0.390. The SMILES string of the molecule is COc1ccc(-c2ccn[nH]2)nc1CNCC1CCN(c2nccc(/C=C3\SC(=O)NC3=O)n2)CC1. The lowest BCUT2D eigenvalue weighted by Gasteiger charge is -2.32. The fourth-order valence-electron chi connectivity index (χ4n) is 4.23. The molecule has 0 saturated carbocycles. The van der Waals surface area contributed by atoms with E-state index in [1.165, 1.54) is 0 Å². The van der Waals surface area contributed by atoms with Crippen molar-refractivity contribution in [1.82, 2.24) is 35.8 Å². The molecule has 0 aliphatic carbocycles. The van der Waals surface area contributed by atoms with E-state index in [-0.39, 0.29) is 11.1 Å². The number of imide groups is 1. The van der Waals surface area contributed by atoms with Crippen LogP contribution in [0.25, 0.3) is 17.5 Å². The van der Waals surface area contributed by atoms with Crippen molar-refractivity contribution in [3.63, 3.8) is 0 Å². The van der Waals surface area contributed by atoms with Crippen molar-refractivity contribution in [2.24, 2.45) is 5.92 Å². The molecular formula is C24H26N8O3S. The summed E-state index contributed by atoms with van der Waals surface area (Å²) in [5.74, 6) is 1.53. The lowest BCUT2D eigenvalue weighted by molar-refractivity contribution is -0.115. The molecule has 0 unspecified atom stereocenters. The number of aromatic amines is 1. The summed E-state index contributed by atoms with van der Waals surface area (Å²) in [6.07, 6.45) is 7.02. The van der Waals surface area contributed by atoms with Gasteiger partial charge in [-0.2, -0.15) is 5.10 Å². The monoisotopic (exact) mass is 506 g/mol. The van der Waals surface area contributed by atoms with Crippen molar-refractivity contribution >= 4 is 34.9 Å². The third kappa shape index (κ3) is 5.55. The Morgan fingerprint density at radius 2 is 2.03 bits per heavy atom. The summed E-state index contributed by atoms with van der Waals surface area (Å²) in [6.45, 7) is 3.17. The quantitative estimate of drug-likeness (QED) is 0.391. The largest absolute Gasteiger partial charge is 0.495 e. The van der Waals surface area contributed by atoms with Crippen molar-refractivity contribution in [2.45, 2.75) is 19.4 Å². The van der Waals surface area contributed by atoms with Gasteiger partial charge in [0.1, 0.15) is 5.75 Å². The van der Waals surface area contributed by atoms with Gasteiger partial charge < -0.3 is 15.0 Å². The number of ether oxygens (including phenoxy) is 1. The molecule has 3 aromatic rings. The van der Waals surface area contributed by atoms with Crippen LogP contribution in [0.3, 0.4) is 0 Å². The molecule has 11 nitrogen and oxygen atoms in total. The number of methoxy groups -OCH3 is 1. The summed E-state index contributed by atoms with van der Waals surface area (Å²) in [5, 5.41) is 12.4. The summed E-state index contributed by atoms with van der Waals surface area (Å²) in [7, 11) is 1.65. The van der Waals surface area contributed by atoms with E-state index < -0.39 is 0 Å². The van der Waals surface area contributed by atoms with E-state index in [1.54, 1.807) is 31.6 Å². The molecule has 2 aliphatic rings. The van der Waals surface area contributed by atoms with Crippen molar-refractivity contribution in [3.8, 4) is 17.1 Å². The molecule has 5 heterocycles. The van der Waals surface area contributed by atoms with Crippen LogP contribution in [0.2, 0.25) is 0 Å². The van der Waals surface area contributed by atoms with Crippen molar-refractivity contribution in [1.29, 1.82) is 0 Å². The van der Waals surface area contributed by atoms with E-state index in [0.29, 0.717) is 29.0 Å². The molecule has 36 heavy (non-hydrogen) atoms. The predicted molar refractivity (Wildman–Crippen MR) is 136 cm³/mol. The first-order chi connectivity index (χ1) is 17.6. The molecular weight excluding hydrogens is 480 g/mol. The van der Waals surface area contributed by atoms with Crippen molar-refractivity contribution in [2.75, 3.05) is 31.6 Å². The fourth-order valence-corrected chi connectivity index (χ4v) is 4.90. The summed E-state index contributed by atoms with van der Waals surface area (Å²) in [4.78, 5) is 39.4. The standard InChI is InChI=1S/C24H26N8O3S/c1-35-20-3-2-17(18-5-9-27-31-18)29-19(20)14-25-13-15-6-10-32(11-7-15)23-26-8-4-16(28-23)12-21-22(33)30-24(34)36-21/h2-5,8-9,12,15,25H,6-7,10-11,13-14H2,1H3,(H,27,31)(H,30,33,34)/b21-12-. The number of H-pyrrole nitrogens is 1. The maximum Gasteiger partial charge on any atom is 0.290 e. The second-order valence-corrected chi connectivity index (χ2v) is 9.53. The molecule has 3 N–H and O–H groups in total. The van der Waals surface area contributed by atoms with Gasteiger partial charge >= 0.3 is 0 Å². The van der Waals surface area contributed by atoms with Gasteiger partial charge in [0, 0.05) is 32.0 Å². The molecule has 2 aliphatic heterocycles. The Morgan fingerprint density at radius 3 is 2.75 bits per heavy atom. The number of hydrogen-bond acceptors (Lipinski definition) is 10. The van der Waals surface area contributed by atoms with Crippen LogP contribution in [0, 0.1) is 5.92 Å². The topological polar surface area (TPSA) is 138 Å². The highest BCUT2D eigenvalue weighted by molar-refractivity contribution is 8.18. The number of hydrogen-bond donors (Lipinski definition) is 3. The number of thioether (sulfide) groups is 1. The third-order valence-corrected chi connectivity index (χ3v) is 6.95. The molecule has 0 spiro atoms. The molecule has 2 amide bonds. The van der Waals surface area contributed by atoms with Gasteiger partial charge in [-0.05, 0) is 67.4 Å². The van der Waals surface area contributed by atoms with Crippen LogP contribution < -0.4 is 20.3 Å². The Labute approximate surface area is 212 Å². The average Bonchev–Trinajstić information content (AvgIpc) is 3.54. The molecule has 0 aromatic carbocycles. The number of nitrogens with zero attached hydrogens (tertiary/aromatic N) is 5. The number of carbonyl (C=O) groups excluding carboxylic acids is 2. The van der Waals surface area contributed by atoms with Gasteiger partial charge in [0.15, 0.2) is 0 Å². The minimum absolute atomic E-state index is 0.343. The summed E-state index contributed by atoms with van der Waals surface area (Å²) in [6, 6.07) is 7.47. The van der Waals surface area contributed by atoms with Gasteiger partial charge in [0.2, 0.25) is 5.95 Å². The highest BCUT2D eigenvalue weighted by Gasteiger charge is 2.26. The zero-order valence-electron chi connectivity index (χ0n) is 19.7. The Morgan fingerprint density at radius 1 is 1.17 bits per heavy atom. The highest BCUT2D eigenvalue weighted by Crippen LogP contribution is 2.26. The van der Waals surface area contributed by atoms with Gasteiger partial charge in [0.25, 0.3) is 11.1 Å². The van der Waals surface area contributed by atoms with Gasteiger partial charge in [0.05, 0.1) is 34.8 Å². The van der Waals surface area contributed by atoms with Crippen molar-refractivity contribution < 1.29 is 14.3 Å². The molecule has 12 heteroatoms. The van der Waals surface area contributed by atoms with Gasteiger partial charge in [-0.1, -0.05) is 0 Å². The second-order valence-electron chi connectivity index (χ2n) is 8.51. The number of piperidine rings is 1. The van der Waals surface area contributed by atoms with E-state index in [2.05, 4.69) is 35.7 Å². The van der Waals surface area contributed by atoms with Gasteiger partial charge in [-0.3, -0.25) is 20.0 Å². The van der Waals surface area contributed by atoms with Crippen LogP contribution in [0.4, 0.5) is 10.7 Å². The molecule has 0 atom stereocenters. The van der Waals surface area contributed by atoms with E-state index in [1.807, 2.05) is 18.2 Å². The molecule has 186 valence electrons. The Kier molecular flexibility index (Phi) is 7.23. The number of amides is 2. The number of nitrogens with one attached hydrogen (secondary N) is 3. The van der Waals surface area contributed by atoms with Crippen molar-refractivity contribution in [3.05, 3.63) is 53.0 Å². The molecule has 2 saturated heterocycles. The zero-order valence-corrected chi connectivity index (χ0v) is 20.5. The van der Waals surface area contributed by atoms with E-state index in [9.17, 15) is 9.59 Å². The number of aromatic nitrogens is 5. The Bertz CT molecular complexity index is 1270. The molecule has 3 aromatic heterocycles. The van der Waals surface area contributed by atoms with Crippen LogP contribution in [-0.2, 0) is 11.3 Å². The second kappa shape index (κ2) is 10.9. The normalized spacial score (nSPS) is 17.6. The maximum absolute atomic E-state index is 11.8. The maximum atomic E-state index is 11.8. The first kappa shape index (κ1) is 23.9. The highest BCUT2D eigenvalue weighted by atomic mass is 32.2. The molecule has 0 bridgehead atoms. The number of carbonyl (C=O) groups is 2. The molecule has 2 fully saturated rings. The van der Waals surface area contributed by atoms with E-state index in [4.69, 9.17) is 9.72 Å². The summed E-state index contributed by atoms with van der Waals surface area (Å²) in [5.41, 5.74) is 3.16. The molecule has 0 radical (unpaired) electrons. The van der Waals surface area contributed by atoms with E-state index >= 15 is 0 Å². The lowest BCUT2D eigenvalue weighted by Crippen LogP contribution is -2.38. The van der Waals surface area contributed by atoms with Crippen LogP contribution in [0.1, 0.15) is 24.2 Å².